The molecule has 2 amide bonds. The topological polar surface area (TPSA) is 82.0 Å². The lowest BCUT2D eigenvalue weighted by Crippen LogP contribution is -2.35. The first-order chi connectivity index (χ1) is 8.92. The number of nitriles is 1. The van der Waals surface area contributed by atoms with E-state index in [9.17, 15) is 9.59 Å². The number of fused-ring (bicyclic) bond motifs is 1. The minimum absolute atomic E-state index is 0.0122. The summed E-state index contributed by atoms with van der Waals surface area (Å²) >= 11 is 0. The zero-order valence-electron chi connectivity index (χ0n) is 10.9. The van der Waals surface area contributed by atoms with Gasteiger partial charge in [0.1, 0.15) is 5.41 Å². The molecular formula is C14H15N3O2. The molecule has 0 radical (unpaired) electrons. The van der Waals surface area contributed by atoms with E-state index in [0.29, 0.717) is 13.0 Å². The summed E-state index contributed by atoms with van der Waals surface area (Å²) < 4.78 is 0. The number of benzene rings is 1. The number of rotatable bonds is 3. The molecule has 0 saturated heterocycles. The highest BCUT2D eigenvalue weighted by molar-refractivity contribution is 5.99. The van der Waals surface area contributed by atoms with Crippen molar-refractivity contribution in [1.29, 1.82) is 5.26 Å². The normalized spacial score (nSPS) is 13.4. The molecule has 19 heavy (non-hydrogen) atoms. The van der Waals surface area contributed by atoms with E-state index in [-0.39, 0.29) is 11.8 Å². The SMILES string of the molecule is CC(C)(C#N)C(=O)NCc1ccc2c(c1)CC(=O)N2. The summed E-state index contributed by atoms with van der Waals surface area (Å²) in [6, 6.07) is 7.54. The smallest absolute Gasteiger partial charge is 0.240 e. The van der Waals surface area contributed by atoms with Crippen LogP contribution in [0.4, 0.5) is 5.69 Å². The molecule has 0 fully saturated rings. The van der Waals surface area contributed by atoms with Crippen molar-refractivity contribution in [2.45, 2.75) is 26.8 Å². The van der Waals surface area contributed by atoms with Gasteiger partial charge in [-0.15, -0.1) is 0 Å². The van der Waals surface area contributed by atoms with Gasteiger partial charge in [0.15, 0.2) is 0 Å². The molecule has 1 aromatic carbocycles. The fourth-order valence-corrected chi connectivity index (χ4v) is 1.85. The molecule has 5 heteroatoms. The van der Waals surface area contributed by atoms with Crippen molar-refractivity contribution in [3.05, 3.63) is 29.3 Å². The molecular weight excluding hydrogens is 242 g/mol. The van der Waals surface area contributed by atoms with Gasteiger partial charge in [-0.05, 0) is 31.0 Å². The molecule has 1 aliphatic rings. The summed E-state index contributed by atoms with van der Waals surface area (Å²) in [5, 5.41) is 14.3. The van der Waals surface area contributed by atoms with Crippen LogP contribution in [0.1, 0.15) is 25.0 Å². The highest BCUT2D eigenvalue weighted by atomic mass is 16.2. The van der Waals surface area contributed by atoms with E-state index in [1.54, 1.807) is 13.8 Å². The van der Waals surface area contributed by atoms with Crippen molar-refractivity contribution in [2.24, 2.45) is 5.41 Å². The van der Waals surface area contributed by atoms with Crippen LogP contribution in [-0.2, 0) is 22.6 Å². The molecule has 1 aliphatic heterocycles. The Balaban J connectivity index is 2.03. The Bertz CT molecular complexity index is 585. The van der Waals surface area contributed by atoms with Crippen LogP contribution in [0.5, 0.6) is 0 Å². The summed E-state index contributed by atoms with van der Waals surface area (Å²) in [4.78, 5) is 23.0. The lowest BCUT2D eigenvalue weighted by atomic mass is 9.94. The number of nitrogens with one attached hydrogen (secondary N) is 2. The first-order valence-corrected chi connectivity index (χ1v) is 6.03. The highest BCUT2D eigenvalue weighted by Gasteiger charge is 2.26. The van der Waals surface area contributed by atoms with E-state index in [4.69, 9.17) is 5.26 Å². The van der Waals surface area contributed by atoms with Crippen LogP contribution in [0.2, 0.25) is 0 Å². The summed E-state index contributed by atoms with van der Waals surface area (Å²) in [7, 11) is 0. The number of nitrogens with zero attached hydrogens (tertiary/aromatic N) is 1. The molecule has 1 aromatic rings. The number of carbonyl (C=O) groups excluding carboxylic acids is 2. The van der Waals surface area contributed by atoms with E-state index in [0.717, 1.165) is 16.8 Å². The Morgan fingerprint density at radius 3 is 2.95 bits per heavy atom. The summed E-state index contributed by atoms with van der Waals surface area (Å²) in [5.41, 5.74) is 1.65. The zero-order valence-corrected chi connectivity index (χ0v) is 10.9. The van der Waals surface area contributed by atoms with E-state index >= 15 is 0 Å². The zero-order chi connectivity index (χ0) is 14.0. The fourth-order valence-electron chi connectivity index (χ4n) is 1.85. The predicted octanol–water partition coefficient (Wildman–Crippen LogP) is 1.35. The van der Waals surface area contributed by atoms with Gasteiger partial charge in [0.25, 0.3) is 0 Å². The van der Waals surface area contributed by atoms with Crippen LogP contribution in [0.15, 0.2) is 18.2 Å². The molecule has 0 spiro atoms. The van der Waals surface area contributed by atoms with Gasteiger partial charge in [-0.25, -0.2) is 0 Å². The quantitative estimate of drug-likeness (QED) is 0.857. The molecule has 1 heterocycles. The van der Waals surface area contributed by atoms with Crippen molar-refractivity contribution < 1.29 is 9.59 Å². The average Bonchev–Trinajstić information content (AvgIpc) is 2.74. The Kier molecular flexibility index (Phi) is 3.26. The van der Waals surface area contributed by atoms with Gasteiger partial charge >= 0.3 is 0 Å². The highest BCUT2D eigenvalue weighted by Crippen LogP contribution is 2.24. The second kappa shape index (κ2) is 4.73. The van der Waals surface area contributed by atoms with Crippen molar-refractivity contribution in [1.82, 2.24) is 5.32 Å². The maximum Gasteiger partial charge on any atom is 0.240 e. The first-order valence-electron chi connectivity index (χ1n) is 6.03. The number of hydrogen-bond donors (Lipinski definition) is 2. The van der Waals surface area contributed by atoms with Gasteiger partial charge in [0.2, 0.25) is 11.8 Å². The number of hydrogen-bond acceptors (Lipinski definition) is 3. The third-order valence-corrected chi connectivity index (χ3v) is 3.09. The largest absolute Gasteiger partial charge is 0.351 e. The predicted molar refractivity (Wildman–Crippen MR) is 70.0 cm³/mol. The van der Waals surface area contributed by atoms with E-state index < -0.39 is 5.41 Å². The fraction of sp³-hybridized carbons (Fsp3) is 0.357. The molecule has 98 valence electrons. The number of anilines is 1. The van der Waals surface area contributed by atoms with Gasteiger partial charge in [-0.2, -0.15) is 5.26 Å². The third kappa shape index (κ3) is 2.74. The van der Waals surface area contributed by atoms with Crippen molar-refractivity contribution in [3.63, 3.8) is 0 Å². The first kappa shape index (κ1) is 13.1. The van der Waals surface area contributed by atoms with Crippen LogP contribution in [0.25, 0.3) is 0 Å². The van der Waals surface area contributed by atoms with Crippen molar-refractivity contribution >= 4 is 17.5 Å². The molecule has 0 atom stereocenters. The van der Waals surface area contributed by atoms with Gasteiger partial charge < -0.3 is 10.6 Å². The maximum absolute atomic E-state index is 11.8. The molecule has 0 bridgehead atoms. The molecule has 5 nitrogen and oxygen atoms in total. The molecule has 0 aromatic heterocycles. The van der Waals surface area contributed by atoms with Crippen LogP contribution >= 0.6 is 0 Å². The lowest BCUT2D eigenvalue weighted by molar-refractivity contribution is -0.127. The molecule has 0 unspecified atom stereocenters. The average molecular weight is 257 g/mol. The van der Waals surface area contributed by atoms with Gasteiger partial charge in [0, 0.05) is 12.2 Å². The minimum atomic E-state index is -1.03. The lowest BCUT2D eigenvalue weighted by Gasteiger charge is -2.15. The number of amides is 2. The monoisotopic (exact) mass is 257 g/mol. The summed E-state index contributed by atoms with van der Waals surface area (Å²) in [5.74, 6) is -0.313. The Morgan fingerprint density at radius 2 is 2.26 bits per heavy atom. The van der Waals surface area contributed by atoms with Gasteiger partial charge in [0.05, 0.1) is 12.5 Å². The Hall–Kier alpha value is -2.35. The Labute approximate surface area is 111 Å². The van der Waals surface area contributed by atoms with Crippen LogP contribution < -0.4 is 10.6 Å². The minimum Gasteiger partial charge on any atom is -0.351 e. The van der Waals surface area contributed by atoms with Crippen molar-refractivity contribution in [3.8, 4) is 6.07 Å². The second-order valence-electron chi connectivity index (χ2n) is 5.14. The van der Waals surface area contributed by atoms with Gasteiger partial charge in [-0.1, -0.05) is 12.1 Å². The molecule has 2 rings (SSSR count). The van der Waals surface area contributed by atoms with Crippen molar-refractivity contribution in [2.75, 3.05) is 5.32 Å². The summed E-state index contributed by atoms with van der Waals surface area (Å²) in [6.07, 6.45) is 0.376. The van der Waals surface area contributed by atoms with Gasteiger partial charge in [-0.3, -0.25) is 9.59 Å². The standard InChI is InChI=1S/C14H15N3O2/c1-14(2,8-15)13(19)16-7-9-3-4-11-10(5-9)6-12(18)17-11/h3-5H,6-7H2,1-2H3,(H,16,19)(H,17,18). The van der Waals surface area contributed by atoms with Crippen LogP contribution in [0.3, 0.4) is 0 Å². The molecule has 2 N–H and O–H groups in total. The summed E-state index contributed by atoms with van der Waals surface area (Å²) in [6.45, 7) is 3.51. The van der Waals surface area contributed by atoms with E-state index in [1.165, 1.54) is 0 Å². The van der Waals surface area contributed by atoms with E-state index in [2.05, 4.69) is 10.6 Å². The Morgan fingerprint density at radius 1 is 1.53 bits per heavy atom. The van der Waals surface area contributed by atoms with Crippen LogP contribution in [0, 0.1) is 16.7 Å². The molecule has 0 aliphatic carbocycles. The molecule has 0 saturated carbocycles. The second-order valence-corrected chi connectivity index (χ2v) is 5.14. The third-order valence-electron chi connectivity index (χ3n) is 3.09. The number of carbonyl (C=O) groups is 2. The maximum atomic E-state index is 11.8. The van der Waals surface area contributed by atoms with E-state index in [1.807, 2.05) is 24.3 Å². The van der Waals surface area contributed by atoms with Crippen LogP contribution in [-0.4, -0.2) is 11.8 Å².